The molecular formula is C16H29N3. The maximum Gasteiger partial charge on any atom is 0.134 e. The van der Waals surface area contributed by atoms with E-state index in [1.54, 1.807) is 0 Å². The molecule has 0 bridgehead atoms. The Hall–Kier alpha value is -1.12. The first-order chi connectivity index (χ1) is 8.92. The first kappa shape index (κ1) is 15.9. The molecule has 1 rings (SSSR count). The summed E-state index contributed by atoms with van der Waals surface area (Å²) in [6, 6.07) is 2.10. The van der Waals surface area contributed by atoms with Crippen LogP contribution in [0.1, 0.15) is 78.2 Å². The predicted octanol–water partition coefficient (Wildman–Crippen LogP) is 4.50. The van der Waals surface area contributed by atoms with Gasteiger partial charge in [0.1, 0.15) is 11.6 Å². The highest BCUT2D eigenvalue weighted by Gasteiger charge is 2.20. The van der Waals surface area contributed by atoms with Crippen molar-refractivity contribution in [3.8, 4) is 0 Å². The van der Waals surface area contributed by atoms with Crippen LogP contribution in [0.3, 0.4) is 0 Å². The molecule has 3 nitrogen and oxygen atoms in total. The van der Waals surface area contributed by atoms with Crippen molar-refractivity contribution in [2.24, 2.45) is 0 Å². The van der Waals surface area contributed by atoms with E-state index in [1.165, 1.54) is 0 Å². The monoisotopic (exact) mass is 263 g/mol. The third kappa shape index (κ3) is 4.48. The summed E-state index contributed by atoms with van der Waals surface area (Å²) >= 11 is 0. The lowest BCUT2D eigenvalue weighted by Crippen LogP contribution is -2.18. The molecule has 108 valence electrons. The Morgan fingerprint density at radius 1 is 1.11 bits per heavy atom. The molecule has 0 aliphatic rings. The van der Waals surface area contributed by atoms with Gasteiger partial charge in [0.05, 0.1) is 5.69 Å². The van der Waals surface area contributed by atoms with E-state index in [4.69, 9.17) is 9.97 Å². The number of rotatable bonds is 6. The third-order valence-electron chi connectivity index (χ3n) is 3.42. The van der Waals surface area contributed by atoms with Crippen LogP contribution in [0.5, 0.6) is 0 Å². The Bertz CT molecular complexity index is 389. The highest BCUT2D eigenvalue weighted by Crippen LogP contribution is 2.26. The quantitative estimate of drug-likeness (QED) is 0.821. The zero-order valence-electron chi connectivity index (χ0n) is 13.4. The van der Waals surface area contributed by atoms with E-state index in [0.29, 0.717) is 5.92 Å². The number of nitrogens with one attached hydrogen (secondary N) is 1. The fourth-order valence-electron chi connectivity index (χ4n) is 2.03. The molecule has 1 aromatic rings. The molecule has 0 amide bonds. The molecule has 1 N–H and O–H groups in total. The second kappa shape index (κ2) is 6.88. The molecule has 0 aliphatic carbocycles. The second-order valence-corrected chi connectivity index (χ2v) is 6.19. The molecule has 1 aromatic heterocycles. The Labute approximate surface area is 118 Å². The molecule has 3 heteroatoms. The van der Waals surface area contributed by atoms with Gasteiger partial charge in [0.25, 0.3) is 0 Å². The smallest absolute Gasteiger partial charge is 0.134 e. The Morgan fingerprint density at radius 2 is 1.74 bits per heavy atom. The van der Waals surface area contributed by atoms with Crippen molar-refractivity contribution in [1.82, 2.24) is 9.97 Å². The first-order valence-corrected chi connectivity index (χ1v) is 7.55. The number of aromatic nitrogens is 2. The third-order valence-corrected chi connectivity index (χ3v) is 3.42. The van der Waals surface area contributed by atoms with Crippen molar-refractivity contribution < 1.29 is 0 Å². The lowest BCUT2D eigenvalue weighted by molar-refractivity contribution is 0.542. The van der Waals surface area contributed by atoms with Gasteiger partial charge < -0.3 is 5.32 Å². The molecule has 0 unspecified atom stereocenters. The van der Waals surface area contributed by atoms with Gasteiger partial charge in [-0.3, -0.25) is 0 Å². The van der Waals surface area contributed by atoms with Crippen molar-refractivity contribution in [2.75, 3.05) is 11.9 Å². The Kier molecular flexibility index (Phi) is 5.77. The van der Waals surface area contributed by atoms with Crippen molar-refractivity contribution >= 4 is 5.82 Å². The van der Waals surface area contributed by atoms with Gasteiger partial charge >= 0.3 is 0 Å². The fourth-order valence-corrected chi connectivity index (χ4v) is 2.03. The van der Waals surface area contributed by atoms with E-state index in [1.807, 2.05) is 0 Å². The van der Waals surface area contributed by atoms with Gasteiger partial charge in [-0.05, 0) is 19.3 Å². The van der Waals surface area contributed by atoms with E-state index in [-0.39, 0.29) is 5.41 Å². The van der Waals surface area contributed by atoms with Crippen LogP contribution < -0.4 is 5.32 Å². The van der Waals surface area contributed by atoms with Crippen molar-refractivity contribution in [2.45, 2.75) is 72.1 Å². The van der Waals surface area contributed by atoms with Crippen molar-refractivity contribution in [1.29, 1.82) is 0 Å². The van der Waals surface area contributed by atoms with E-state index < -0.39 is 0 Å². The van der Waals surface area contributed by atoms with Crippen LogP contribution in [0.25, 0.3) is 0 Å². The highest BCUT2D eigenvalue weighted by molar-refractivity contribution is 5.38. The zero-order valence-corrected chi connectivity index (χ0v) is 13.4. The van der Waals surface area contributed by atoms with E-state index in [2.05, 4.69) is 52.9 Å². The predicted molar refractivity (Wildman–Crippen MR) is 82.8 cm³/mol. The van der Waals surface area contributed by atoms with Crippen LogP contribution in [0.15, 0.2) is 6.07 Å². The van der Waals surface area contributed by atoms with Gasteiger partial charge in [-0.25, -0.2) is 9.97 Å². The summed E-state index contributed by atoms with van der Waals surface area (Å²) in [6.45, 7) is 14.2. The number of nitrogens with zero attached hydrogens (tertiary/aromatic N) is 2. The van der Waals surface area contributed by atoms with Crippen molar-refractivity contribution in [3.05, 3.63) is 17.6 Å². The zero-order chi connectivity index (χ0) is 14.5. The summed E-state index contributed by atoms with van der Waals surface area (Å²) in [5, 5.41) is 3.40. The summed E-state index contributed by atoms with van der Waals surface area (Å²) in [6.07, 6.45) is 3.30. The first-order valence-electron chi connectivity index (χ1n) is 7.55. The van der Waals surface area contributed by atoms with Crippen LogP contribution in [0.2, 0.25) is 0 Å². The summed E-state index contributed by atoms with van der Waals surface area (Å²) in [4.78, 5) is 9.51. The lowest BCUT2D eigenvalue weighted by Gasteiger charge is -2.21. The highest BCUT2D eigenvalue weighted by atomic mass is 15.0. The van der Waals surface area contributed by atoms with Crippen LogP contribution in [-0.2, 0) is 5.41 Å². The fraction of sp³-hybridized carbons (Fsp3) is 0.750. The summed E-state index contributed by atoms with van der Waals surface area (Å²) < 4.78 is 0. The van der Waals surface area contributed by atoms with Crippen LogP contribution in [-0.4, -0.2) is 16.5 Å². The summed E-state index contributed by atoms with van der Waals surface area (Å²) in [5.74, 6) is 2.43. The normalized spacial score (nSPS) is 11.9. The van der Waals surface area contributed by atoms with Crippen LogP contribution in [0.4, 0.5) is 5.82 Å². The Balaban J connectivity index is 3.15. The van der Waals surface area contributed by atoms with E-state index >= 15 is 0 Å². The second-order valence-electron chi connectivity index (χ2n) is 6.19. The number of anilines is 1. The van der Waals surface area contributed by atoms with Gasteiger partial charge in [0.2, 0.25) is 0 Å². The topological polar surface area (TPSA) is 37.8 Å². The minimum atomic E-state index is 0.0619. The molecule has 0 aromatic carbocycles. The van der Waals surface area contributed by atoms with Gasteiger partial charge in [-0.2, -0.15) is 0 Å². The van der Waals surface area contributed by atoms with Gasteiger partial charge in [-0.1, -0.05) is 41.5 Å². The summed E-state index contributed by atoms with van der Waals surface area (Å²) in [7, 11) is 0. The van der Waals surface area contributed by atoms with Crippen LogP contribution >= 0.6 is 0 Å². The van der Waals surface area contributed by atoms with Gasteiger partial charge in [0, 0.05) is 23.9 Å². The van der Waals surface area contributed by atoms with Crippen LogP contribution in [0, 0.1) is 0 Å². The summed E-state index contributed by atoms with van der Waals surface area (Å²) in [5.41, 5.74) is 1.19. The molecule has 0 spiro atoms. The molecule has 0 aliphatic heterocycles. The average molecular weight is 263 g/mol. The molecular weight excluding hydrogens is 234 g/mol. The van der Waals surface area contributed by atoms with Gasteiger partial charge in [-0.15, -0.1) is 0 Å². The molecule has 0 saturated heterocycles. The van der Waals surface area contributed by atoms with Gasteiger partial charge in [0.15, 0.2) is 0 Å². The largest absolute Gasteiger partial charge is 0.370 e. The minimum Gasteiger partial charge on any atom is -0.370 e. The Morgan fingerprint density at radius 3 is 2.21 bits per heavy atom. The molecule has 0 atom stereocenters. The molecule has 0 saturated carbocycles. The molecule has 0 radical (unpaired) electrons. The number of hydrogen-bond acceptors (Lipinski definition) is 3. The van der Waals surface area contributed by atoms with E-state index in [0.717, 1.165) is 43.1 Å². The maximum atomic E-state index is 4.80. The SMILES string of the molecule is CCCNc1cc(C(C)(C)C)nc(C(CC)CC)n1. The maximum absolute atomic E-state index is 4.80. The van der Waals surface area contributed by atoms with E-state index in [9.17, 15) is 0 Å². The molecule has 1 heterocycles. The molecule has 0 fully saturated rings. The minimum absolute atomic E-state index is 0.0619. The average Bonchev–Trinajstić information content (AvgIpc) is 2.36. The number of hydrogen-bond donors (Lipinski definition) is 1. The van der Waals surface area contributed by atoms with Crippen molar-refractivity contribution in [3.63, 3.8) is 0 Å². The lowest BCUT2D eigenvalue weighted by atomic mass is 9.91. The standard InChI is InChI=1S/C16H29N3/c1-7-10-17-14-11-13(16(4,5)6)18-15(19-14)12(8-2)9-3/h11-12H,7-10H2,1-6H3,(H,17,18,19). The molecule has 19 heavy (non-hydrogen) atoms.